The number of aliphatic hydroxyl groups excluding tert-OH is 1. The van der Waals surface area contributed by atoms with Crippen molar-refractivity contribution in [2.45, 2.75) is 25.7 Å². The molecule has 18 heavy (non-hydrogen) atoms. The number of aliphatic hydroxyl groups is 1. The van der Waals surface area contributed by atoms with Crippen molar-refractivity contribution >= 4 is 0 Å². The van der Waals surface area contributed by atoms with Crippen molar-refractivity contribution in [3.8, 4) is 5.75 Å². The number of nitrogens with one attached hydrogen (secondary N) is 1. The van der Waals surface area contributed by atoms with Gasteiger partial charge in [-0.3, -0.25) is 0 Å². The highest BCUT2D eigenvalue weighted by Gasteiger charge is 2.12. The summed E-state index contributed by atoms with van der Waals surface area (Å²) in [7, 11) is 0. The van der Waals surface area contributed by atoms with Crippen LogP contribution in [0.2, 0.25) is 0 Å². The fraction of sp³-hybridized carbons (Fsp3) is 0.600. The average Bonchev–Trinajstić information content (AvgIpc) is 2.42. The van der Waals surface area contributed by atoms with Gasteiger partial charge >= 0.3 is 0 Å². The van der Waals surface area contributed by atoms with Crippen LogP contribution in [0.15, 0.2) is 24.3 Å². The van der Waals surface area contributed by atoms with Crippen LogP contribution in [0.4, 0.5) is 0 Å². The monoisotopic (exact) mass is 249 g/mol. The Morgan fingerprint density at radius 3 is 2.78 bits per heavy atom. The van der Waals surface area contributed by atoms with Crippen LogP contribution in [0.1, 0.15) is 24.8 Å². The highest BCUT2D eigenvalue weighted by atomic mass is 16.5. The van der Waals surface area contributed by atoms with Crippen LogP contribution in [0.3, 0.4) is 0 Å². The van der Waals surface area contributed by atoms with Crippen LogP contribution in [-0.2, 0) is 6.42 Å². The number of hydrogen-bond acceptors (Lipinski definition) is 3. The third-order valence-electron chi connectivity index (χ3n) is 3.52. The standard InChI is InChI=1S/C15H23NO2/c17-10-7-13-3-5-15(6-4-13)18-11-8-14-2-1-9-16-12-14/h3-6,14,16-17H,1-2,7-12H2. The highest BCUT2D eigenvalue weighted by molar-refractivity contribution is 5.27. The molecule has 0 amide bonds. The van der Waals surface area contributed by atoms with E-state index in [9.17, 15) is 0 Å². The fourth-order valence-electron chi connectivity index (χ4n) is 2.40. The molecular formula is C15H23NO2. The molecule has 0 spiro atoms. The van der Waals surface area contributed by atoms with Crippen LogP contribution < -0.4 is 10.1 Å². The second-order valence-electron chi connectivity index (χ2n) is 4.97. The van der Waals surface area contributed by atoms with Crippen molar-refractivity contribution in [3.05, 3.63) is 29.8 Å². The molecule has 100 valence electrons. The van der Waals surface area contributed by atoms with Gasteiger partial charge in [-0.2, -0.15) is 0 Å². The summed E-state index contributed by atoms with van der Waals surface area (Å²) in [4.78, 5) is 0. The molecule has 1 atom stereocenters. The lowest BCUT2D eigenvalue weighted by Gasteiger charge is -2.22. The Morgan fingerprint density at radius 2 is 2.11 bits per heavy atom. The van der Waals surface area contributed by atoms with Gasteiger partial charge in [0.15, 0.2) is 0 Å². The lowest BCUT2D eigenvalue weighted by molar-refractivity contribution is 0.254. The van der Waals surface area contributed by atoms with Crippen LogP contribution in [0.25, 0.3) is 0 Å². The van der Waals surface area contributed by atoms with Gasteiger partial charge in [-0.05, 0) is 62.4 Å². The van der Waals surface area contributed by atoms with E-state index in [1.54, 1.807) is 0 Å². The molecule has 1 aliphatic heterocycles. The first-order valence-corrected chi connectivity index (χ1v) is 6.92. The zero-order chi connectivity index (χ0) is 12.6. The predicted octanol–water partition coefficient (Wildman–Crippen LogP) is 1.99. The van der Waals surface area contributed by atoms with E-state index < -0.39 is 0 Å². The molecular weight excluding hydrogens is 226 g/mol. The molecule has 2 N–H and O–H groups in total. The van der Waals surface area contributed by atoms with E-state index in [0.29, 0.717) is 6.42 Å². The van der Waals surface area contributed by atoms with Gasteiger partial charge in [0.2, 0.25) is 0 Å². The molecule has 2 rings (SSSR count). The first-order valence-electron chi connectivity index (χ1n) is 6.92. The Bertz CT molecular complexity index is 331. The number of rotatable bonds is 6. The van der Waals surface area contributed by atoms with E-state index in [1.165, 1.54) is 19.4 Å². The lowest BCUT2D eigenvalue weighted by Crippen LogP contribution is -2.30. The first kappa shape index (κ1) is 13.4. The summed E-state index contributed by atoms with van der Waals surface area (Å²) < 4.78 is 5.75. The summed E-state index contributed by atoms with van der Waals surface area (Å²) in [5, 5.41) is 12.3. The minimum Gasteiger partial charge on any atom is -0.494 e. The van der Waals surface area contributed by atoms with Crippen molar-refractivity contribution in [2.24, 2.45) is 5.92 Å². The molecule has 1 saturated heterocycles. The zero-order valence-electron chi connectivity index (χ0n) is 10.9. The van der Waals surface area contributed by atoms with Crippen LogP contribution in [-0.4, -0.2) is 31.4 Å². The molecule has 1 unspecified atom stereocenters. The van der Waals surface area contributed by atoms with Crippen molar-refractivity contribution < 1.29 is 9.84 Å². The molecule has 0 radical (unpaired) electrons. The molecule has 0 aromatic heterocycles. The van der Waals surface area contributed by atoms with Crippen LogP contribution in [0, 0.1) is 5.92 Å². The van der Waals surface area contributed by atoms with E-state index in [4.69, 9.17) is 9.84 Å². The smallest absolute Gasteiger partial charge is 0.119 e. The molecule has 3 nitrogen and oxygen atoms in total. The van der Waals surface area contributed by atoms with Crippen molar-refractivity contribution in [1.29, 1.82) is 0 Å². The van der Waals surface area contributed by atoms with Crippen LogP contribution in [0.5, 0.6) is 5.75 Å². The van der Waals surface area contributed by atoms with Crippen molar-refractivity contribution in [1.82, 2.24) is 5.32 Å². The summed E-state index contributed by atoms with van der Waals surface area (Å²) in [6.45, 7) is 3.31. The van der Waals surface area contributed by atoms with Gasteiger partial charge in [-0.25, -0.2) is 0 Å². The quantitative estimate of drug-likeness (QED) is 0.810. The summed E-state index contributed by atoms with van der Waals surface area (Å²) in [5.41, 5.74) is 1.15. The minimum atomic E-state index is 0.203. The second kappa shape index (κ2) is 7.39. The number of ether oxygens (including phenoxy) is 1. The van der Waals surface area contributed by atoms with Gasteiger partial charge in [-0.15, -0.1) is 0 Å². The molecule has 0 bridgehead atoms. The number of benzene rings is 1. The van der Waals surface area contributed by atoms with Gasteiger partial charge in [-0.1, -0.05) is 12.1 Å². The predicted molar refractivity (Wildman–Crippen MR) is 72.9 cm³/mol. The average molecular weight is 249 g/mol. The molecule has 1 fully saturated rings. The van der Waals surface area contributed by atoms with E-state index in [-0.39, 0.29) is 6.61 Å². The van der Waals surface area contributed by atoms with Crippen molar-refractivity contribution in [3.63, 3.8) is 0 Å². The van der Waals surface area contributed by atoms with E-state index >= 15 is 0 Å². The molecule has 0 aliphatic carbocycles. The van der Waals surface area contributed by atoms with Gasteiger partial charge in [0.25, 0.3) is 0 Å². The molecule has 1 aliphatic rings. The Balaban J connectivity index is 1.69. The number of piperidine rings is 1. The third kappa shape index (κ3) is 4.31. The van der Waals surface area contributed by atoms with Crippen molar-refractivity contribution in [2.75, 3.05) is 26.3 Å². The molecule has 3 heteroatoms. The fourth-order valence-corrected chi connectivity index (χ4v) is 2.40. The Labute approximate surface area is 109 Å². The minimum absolute atomic E-state index is 0.203. The Kier molecular flexibility index (Phi) is 5.49. The van der Waals surface area contributed by atoms with E-state index in [1.807, 2.05) is 24.3 Å². The number of hydrogen-bond donors (Lipinski definition) is 2. The maximum Gasteiger partial charge on any atom is 0.119 e. The molecule has 1 heterocycles. The van der Waals surface area contributed by atoms with Gasteiger partial charge in [0, 0.05) is 6.61 Å². The van der Waals surface area contributed by atoms with Gasteiger partial charge in [0.1, 0.15) is 5.75 Å². The normalized spacial score (nSPS) is 19.7. The van der Waals surface area contributed by atoms with E-state index in [2.05, 4.69) is 5.32 Å². The summed E-state index contributed by atoms with van der Waals surface area (Å²) in [5.74, 6) is 1.70. The summed E-state index contributed by atoms with van der Waals surface area (Å²) in [6.07, 6.45) is 4.46. The topological polar surface area (TPSA) is 41.5 Å². The largest absolute Gasteiger partial charge is 0.494 e. The van der Waals surface area contributed by atoms with Gasteiger partial charge < -0.3 is 15.2 Å². The van der Waals surface area contributed by atoms with Gasteiger partial charge in [0.05, 0.1) is 6.61 Å². The first-order chi connectivity index (χ1) is 8.88. The van der Waals surface area contributed by atoms with Crippen LogP contribution >= 0.6 is 0 Å². The second-order valence-corrected chi connectivity index (χ2v) is 4.97. The molecule has 1 aromatic rings. The maximum atomic E-state index is 8.84. The Morgan fingerprint density at radius 1 is 1.28 bits per heavy atom. The highest BCUT2D eigenvalue weighted by Crippen LogP contribution is 2.16. The molecule has 0 saturated carbocycles. The SMILES string of the molecule is OCCc1ccc(OCCC2CCCNC2)cc1. The summed E-state index contributed by atoms with van der Waals surface area (Å²) in [6, 6.07) is 8.02. The maximum absolute atomic E-state index is 8.84. The van der Waals surface area contributed by atoms with E-state index in [0.717, 1.165) is 36.8 Å². The lowest BCUT2D eigenvalue weighted by atomic mass is 9.97. The molecule has 1 aromatic carbocycles. The Hall–Kier alpha value is -1.06. The third-order valence-corrected chi connectivity index (χ3v) is 3.52. The zero-order valence-corrected chi connectivity index (χ0v) is 10.9. The summed E-state index contributed by atoms with van der Waals surface area (Å²) >= 11 is 0.